The predicted molar refractivity (Wildman–Crippen MR) is 145 cm³/mol. The Morgan fingerprint density at radius 2 is 1.21 bits per heavy atom. The largest absolute Gasteiger partial charge is 1.00 e. The van der Waals surface area contributed by atoms with E-state index in [1.165, 1.54) is 97.3 Å². The van der Waals surface area contributed by atoms with Gasteiger partial charge in [0.1, 0.15) is 5.60 Å². The zero-order valence-corrected chi connectivity index (χ0v) is 29.9. The van der Waals surface area contributed by atoms with Crippen LogP contribution in [-0.2, 0) is 13.9 Å². The van der Waals surface area contributed by atoms with Crippen LogP contribution in [0.4, 0.5) is 0 Å². The summed E-state index contributed by atoms with van der Waals surface area (Å²) in [6.45, 7) is 5.14. The Labute approximate surface area is 277 Å². The molecule has 6 nitrogen and oxygen atoms in total. The molecule has 38 heavy (non-hydrogen) atoms. The molecule has 1 N–H and O–H groups in total. The first-order valence-electron chi connectivity index (χ1n) is 14.2. The molecule has 9 heteroatoms. The molecule has 0 amide bonds. The van der Waals surface area contributed by atoms with Crippen LogP contribution in [0.3, 0.4) is 0 Å². The van der Waals surface area contributed by atoms with Crippen molar-refractivity contribution < 1.29 is 83.0 Å². The van der Waals surface area contributed by atoms with Crippen molar-refractivity contribution in [3.63, 3.8) is 0 Å². The monoisotopic (exact) mass is 569 g/mol. The Morgan fingerprint density at radius 3 is 1.61 bits per heavy atom. The zero-order valence-electron chi connectivity index (χ0n) is 25.0. The van der Waals surface area contributed by atoms with Gasteiger partial charge in [0.2, 0.25) is 0 Å². The first-order valence-corrected chi connectivity index (χ1v) is 15.8. The zero-order chi connectivity index (χ0) is 26.7. The summed E-state index contributed by atoms with van der Waals surface area (Å²) in [5.74, 6) is -2.67. The smallest absolute Gasteiger partial charge is 0.777 e. The Bertz CT molecular complexity index is 752. The van der Waals surface area contributed by atoms with Crippen LogP contribution in [0.2, 0.25) is 0 Å². The van der Waals surface area contributed by atoms with Crippen LogP contribution < -0.4 is 74.4 Å². The van der Waals surface area contributed by atoms with Gasteiger partial charge in [0.25, 0.3) is 0 Å². The fraction of sp³-hybridized carbons (Fsp3) is 0.759. The van der Waals surface area contributed by atoms with Crippen molar-refractivity contribution in [2.75, 3.05) is 6.54 Å². The van der Waals surface area contributed by atoms with Gasteiger partial charge >= 0.3 is 59.1 Å². The van der Waals surface area contributed by atoms with Gasteiger partial charge in [-0.15, -0.1) is 0 Å². The van der Waals surface area contributed by atoms with Crippen molar-refractivity contribution in [2.24, 2.45) is 0 Å². The van der Waals surface area contributed by atoms with Gasteiger partial charge in [-0.3, -0.25) is 0 Å². The second-order valence-corrected chi connectivity index (χ2v) is 12.3. The van der Waals surface area contributed by atoms with Gasteiger partial charge in [-0.2, -0.15) is 0 Å². The molecule has 1 aromatic rings. The standard InChI is InChI=1S/C29H52NO5P.2Na/c1-4-5-6-7-8-9-10-11-12-13-14-15-16-17-18-22-25-30-27(26-23-20-19-21-24-26)36(33,34)35-29(2,3)28(31)32;;/h19-21,23-24,27,30H,4-18,22,25H2,1-3H3,(H,31,32)(H,33,34);;/q;2*+1/p-2. The van der Waals surface area contributed by atoms with Crippen LogP contribution in [0.1, 0.15) is 135 Å². The molecule has 0 radical (unpaired) electrons. The molecule has 2 atom stereocenters. The minimum Gasteiger partial charge on any atom is -0.777 e. The number of hydrogen-bond acceptors (Lipinski definition) is 6. The normalized spacial score (nSPS) is 13.7. The molecule has 0 fully saturated rings. The molecule has 0 saturated heterocycles. The molecule has 208 valence electrons. The maximum atomic E-state index is 12.9. The second-order valence-electron chi connectivity index (χ2n) is 10.5. The van der Waals surface area contributed by atoms with E-state index >= 15 is 0 Å². The van der Waals surface area contributed by atoms with E-state index in [2.05, 4.69) is 12.2 Å². The topological polar surface area (TPSA) is 102 Å². The van der Waals surface area contributed by atoms with Crippen molar-refractivity contribution in [3.8, 4) is 0 Å². The SMILES string of the molecule is CCCCCCCCCCCCCCCCCCNC(c1ccccc1)P(=O)([O-])OC(C)(C)C(=O)[O-].[Na+].[Na+]. The number of carbonyl (C=O) groups is 1. The van der Waals surface area contributed by atoms with Gasteiger partial charge in [-0.05, 0) is 32.4 Å². The fourth-order valence-corrected chi connectivity index (χ4v) is 6.07. The average Bonchev–Trinajstić information content (AvgIpc) is 2.83. The van der Waals surface area contributed by atoms with Crippen molar-refractivity contribution in [1.82, 2.24) is 5.32 Å². The Hall–Kier alpha value is 0.800. The molecular formula is C29H50NNa2O5P. The minimum atomic E-state index is -4.57. The van der Waals surface area contributed by atoms with E-state index in [-0.39, 0.29) is 59.1 Å². The number of carbonyl (C=O) groups excluding carboxylic acids is 1. The molecule has 2 unspecified atom stereocenters. The molecule has 0 bridgehead atoms. The average molecular weight is 570 g/mol. The van der Waals surface area contributed by atoms with E-state index in [1.807, 2.05) is 0 Å². The van der Waals surface area contributed by atoms with Crippen LogP contribution >= 0.6 is 7.60 Å². The first kappa shape index (κ1) is 40.9. The molecule has 1 rings (SSSR count). The van der Waals surface area contributed by atoms with E-state index in [4.69, 9.17) is 4.52 Å². The molecular weight excluding hydrogens is 519 g/mol. The molecule has 0 spiro atoms. The van der Waals surface area contributed by atoms with E-state index in [0.717, 1.165) is 19.3 Å². The van der Waals surface area contributed by atoms with Gasteiger partial charge in [-0.1, -0.05) is 134 Å². The van der Waals surface area contributed by atoms with E-state index in [0.29, 0.717) is 12.1 Å². The summed E-state index contributed by atoms with van der Waals surface area (Å²) in [6, 6.07) is 8.71. The molecule has 0 saturated carbocycles. The number of benzene rings is 1. The van der Waals surface area contributed by atoms with Gasteiger partial charge in [0, 0.05) is 0 Å². The van der Waals surface area contributed by atoms with Gasteiger partial charge in [0.15, 0.2) is 7.60 Å². The summed E-state index contributed by atoms with van der Waals surface area (Å²) in [6.07, 6.45) is 20.5. The number of hydrogen-bond donors (Lipinski definition) is 1. The third-order valence-electron chi connectivity index (χ3n) is 6.65. The maximum absolute atomic E-state index is 12.9. The number of carboxylic acid groups (broad SMARTS) is 1. The van der Waals surface area contributed by atoms with Crippen LogP contribution in [0.25, 0.3) is 0 Å². The predicted octanol–water partition coefficient (Wildman–Crippen LogP) is 0.643. The number of nitrogens with one attached hydrogen (secondary N) is 1. The summed E-state index contributed by atoms with van der Waals surface area (Å²) < 4.78 is 18.0. The number of rotatable bonds is 23. The summed E-state index contributed by atoms with van der Waals surface area (Å²) in [5, 5.41) is 14.3. The molecule has 0 aliphatic rings. The fourth-order valence-electron chi connectivity index (χ4n) is 4.37. The van der Waals surface area contributed by atoms with Crippen molar-refractivity contribution in [1.29, 1.82) is 0 Å². The summed E-state index contributed by atoms with van der Waals surface area (Å²) in [4.78, 5) is 24.2. The Morgan fingerprint density at radius 1 is 0.816 bits per heavy atom. The van der Waals surface area contributed by atoms with Crippen molar-refractivity contribution >= 4 is 13.6 Å². The van der Waals surface area contributed by atoms with E-state index < -0.39 is 24.9 Å². The third kappa shape index (κ3) is 19.0. The molecule has 0 heterocycles. The summed E-state index contributed by atoms with van der Waals surface area (Å²) in [5.41, 5.74) is -1.40. The molecule has 1 aromatic carbocycles. The molecule has 0 aromatic heterocycles. The first-order chi connectivity index (χ1) is 17.2. The second kappa shape index (κ2) is 24.4. The van der Waals surface area contributed by atoms with Crippen LogP contribution in [-0.4, -0.2) is 18.1 Å². The van der Waals surface area contributed by atoms with Gasteiger partial charge in [-0.25, -0.2) is 0 Å². The van der Waals surface area contributed by atoms with Crippen molar-refractivity contribution in [2.45, 2.75) is 135 Å². The van der Waals surface area contributed by atoms with Crippen LogP contribution in [0, 0.1) is 0 Å². The maximum Gasteiger partial charge on any atom is 1.00 e. The number of unbranched alkanes of at least 4 members (excludes halogenated alkanes) is 15. The number of carboxylic acids is 1. The third-order valence-corrected chi connectivity index (χ3v) is 8.47. The number of aliphatic carboxylic acids is 1. The van der Waals surface area contributed by atoms with Gasteiger partial charge in [0.05, 0.1) is 11.8 Å². The van der Waals surface area contributed by atoms with E-state index in [9.17, 15) is 19.4 Å². The van der Waals surface area contributed by atoms with Crippen LogP contribution in [0.5, 0.6) is 0 Å². The summed E-state index contributed by atoms with van der Waals surface area (Å²) >= 11 is 0. The molecule has 0 aliphatic carbocycles. The van der Waals surface area contributed by atoms with Crippen LogP contribution in [0.15, 0.2) is 30.3 Å². The Balaban J connectivity index is 0. The minimum absolute atomic E-state index is 0. The van der Waals surface area contributed by atoms with Gasteiger partial charge < -0.3 is 29.2 Å². The molecule has 0 aliphatic heterocycles. The van der Waals surface area contributed by atoms with E-state index in [1.54, 1.807) is 30.3 Å². The summed E-state index contributed by atoms with van der Waals surface area (Å²) in [7, 11) is -4.57. The Kier molecular flexibility index (Phi) is 26.3. The van der Waals surface area contributed by atoms with Crippen molar-refractivity contribution in [3.05, 3.63) is 35.9 Å². The quantitative estimate of drug-likeness (QED) is 0.118.